The van der Waals surface area contributed by atoms with E-state index in [-0.39, 0.29) is 5.92 Å². The lowest BCUT2D eigenvalue weighted by Crippen LogP contribution is -2.42. The Morgan fingerprint density at radius 3 is 2.75 bits per heavy atom. The number of hydrogen-bond donors (Lipinski definition) is 0. The van der Waals surface area contributed by atoms with Gasteiger partial charge in [-0.2, -0.15) is 0 Å². The molecular formula is C13H21NO2. The van der Waals surface area contributed by atoms with Crippen molar-refractivity contribution in [3.63, 3.8) is 0 Å². The van der Waals surface area contributed by atoms with Gasteiger partial charge in [0, 0.05) is 32.0 Å². The number of ether oxygens (including phenoxy) is 1. The number of rotatable bonds is 3. The molecule has 0 spiro atoms. The van der Waals surface area contributed by atoms with Gasteiger partial charge in [-0.15, -0.1) is 6.58 Å². The van der Waals surface area contributed by atoms with Gasteiger partial charge in [0.15, 0.2) is 0 Å². The minimum absolute atomic E-state index is 0.259. The minimum atomic E-state index is 0.259. The molecule has 90 valence electrons. The summed E-state index contributed by atoms with van der Waals surface area (Å²) in [4.78, 5) is 14.3. The summed E-state index contributed by atoms with van der Waals surface area (Å²) in [7, 11) is 0. The zero-order chi connectivity index (χ0) is 11.4. The Balaban J connectivity index is 1.81. The first-order chi connectivity index (χ1) is 7.79. The normalized spacial score (nSPS) is 32.6. The third kappa shape index (κ3) is 2.92. The molecule has 2 unspecified atom stereocenters. The molecule has 0 bridgehead atoms. The second kappa shape index (κ2) is 5.60. The fourth-order valence-corrected chi connectivity index (χ4v) is 2.59. The van der Waals surface area contributed by atoms with Crippen LogP contribution in [0, 0.1) is 11.8 Å². The number of hydrogen-bond acceptors (Lipinski definition) is 3. The van der Waals surface area contributed by atoms with Crippen LogP contribution in [0.3, 0.4) is 0 Å². The first-order valence-electron chi connectivity index (χ1n) is 6.25. The molecule has 2 rings (SSSR count). The van der Waals surface area contributed by atoms with Crippen LogP contribution in [0.25, 0.3) is 0 Å². The molecule has 0 aromatic rings. The summed E-state index contributed by atoms with van der Waals surface area (Å²) >= 11 is 0. The molecule has 0 N–H and O–H groups in total. The van der Waals surface area contributed by atoms with Crippen molar-refractivity contribution in [2.24, 2.45) is 11.8 Å². The molecule has 0 amide bonds. The van der Waals surface area contributed by atoms with Gasteiger partial charge < -0.3 is 4.74 Å². The molecule has 3 nitrogen and oxygen atoms in total. The summed E-state index contributed by atoms with van der Waals surface area (Å²) in [5.41, 5.74) is 0. The second-order valence-electron chi connectivity index (χ2n) is 4.85. The molecule has 1 aliphatic heterocycles. The van der Waals surface area contributed by atoms with E-state index in [2.05, 4.69) is 11.5 Å². The van der Waals surface area contributed by atoms with Crippen molar-refractivity contribution in [1.29, 1.82) is 0 Å². The van der Waals surface area contributed by atoms with Crippen molar-refractivity contribution in [2.45, 2.75) is 19.3 Å². The Morgan fingerprint density at radius 1 is 1.38 bits per heavy atom. The van der Waals surface area contributed by atoms with Crippen molar-refractivity contribution in [3.8, 4) is 0 Å². The largest absolute Gasteiger partial charge is 0.379 e. The third-order valence-corrected chi connectivity index (χ3v) is 3.72. The summed E-state index contributed by atoms with van der Waals surface area (Å²) in [5, 5.41) is 0. The highest BCUT2D eigenvalue weighted by molar-refractivity contribution is 5.82. The standard InChI is InChI=1S/C13H21NO2/c1-2-11-3-4-12(13(15)9-11)10-14-5-7-16-8-6-14/h2,11-12H,1,3-10H2. The van der Waals surface area contributed by atoms with E-state index in [9.17, 15) is 4.79 Å². The van der Waals surface area contributed by atoms with Crippen molar-refractivity contribution in [1.82, 2.24) is 4.90 Å². The third-order valence-electron chi connectivity index (χ3n) is 3.72. The van der Waals surface area contributed by atoms with Crippen LogP contribution in [-0.4, -0.2) is 43.5 Å². The molecule has 3 heteroatoms. The first-order valence-corrected chi connectivity index (χ1v) is 6.25. The Bertz CT molecular complexity index is 259. The number of ketones is 1. The average Bonchev–Trinajstić information content (AvgIpc) is 2.33. The average molecular weight is 223 g/mol. The zero-order valence-corrected chi connectivity index (χ0v) is 9.86. The number of carbonyl (C=O) groups excluding carboxylic acids is 1. The minimum Gasteiger partial charge on any atom is -0.379 e. The highest BCUT2D eigenvalue weighted by atomic mass is 16.5. The lowest BCUT2D eigenvalue weighted by atomic mass is 9.81. The molecule has 0 aromatic heterocycles. The van der Waals surface area contributed by atoms with Crippen LogP contribution in [0.1, 0.15) is 19.3 Å². The van der Waals surface area contributed by atoms with Crippen LogP contribution in [0.4, 0.5) is 0 Å². The molecule has 0 radical (unpaired) electrons. The zero-order valence-electron chi connectivity index (χ0n) is 9.86. The highest BCUT2D eigenvalue weighted by Gasteiger charge is 2.28. The van der Waals surface area contributed by atoms with Crippen molar-refractivity contribution < 1.29 is 9.53 Å². The topological polar surface area (TPSA) is 29.5 Å². The molecule has 2 atom stereocenters. The van der Waals surface area contributed by atoms with E-state index < -0.39 is 0 Å². The monoisotopic (exact) mass is 223 g/mol. The molecular weight excluding hydrogens is 202 g/mol. The maximum Gasteiger partial charge on any atom is 0.137 e. The van der Waals surface area contributed by atoms with E-state index in [0.717, 1.165) is 45.7 Å². The number of carbonyl (C=O) groups is 1. The SMILES string of the molecule is C=CC1CCC(CN2CCOCC2)C(=O)C1. The predicted molar refractivity (Wildman–Crippen MR) is 63.3 cm³/mol. The Labute approximate surface area is 97.5 Å². The van der Waals surface area contributed by atoms with Crippen molar-refractivity contribution >= 4 is 5.78 Å². The molecule has 0 aromatic carbocycles. The molecule has 1 saturated carbocycles. The summed E-state index contributed by atoms with van der Waals surface area (Å²) in [6, 6.07) is 0. The van der Waals surface area contributed by atoms with E-state index in [1.54, 1.807) is 0 Å². The number of Topliss-reactive ketones (excluding diaryl/α,β-unsaturated/α-hetero) is 1. The molecule has 1 saturated heterocycles. The molecule has 1 aliphatic carbocycles. The van der Waals surface area contributed by atoms with Crippen LogP contribution in [0.5, 0.6) is 0 Å². The molecule has 2 aliphatic rings. The van der Waals surface area contributed by atoms with Crippen molar-refractivity contribution in [3.05, 3.63) is 12.7 Å². The fourth-order valence-electron chi connectivity index (χ4n) is 2.59. The smallest absolute Gasteiger partial charge is 0.137 e. The highest BCUT2D eigenvalue weighted by Crippen LogP contribution is 2.27. The fraction of sp³-hybridized carbons (Fsp3) is 0.769. The quantitative estimate of drug-likeness (QED) is 0.679. The van der Waals surface area contributed by atoms with Crippen LogP contribution in [-0.2, 0) is 9.53 Å². The van der Waals surface area contributed by atoms with Gasteiger partial charge in [-0.3, -0.25) is 9.69 Å². The van der Waals surface area contributed by atoms with E-state index in [4.69, 9.17) is 4.74 Å². The molecule has 2 fully saturated rings. The number of allylic oxidation sites excluding steroid dienone is 1. The Kier molecular flexibility index (Phi) is 4.13. The van der Waals surface area contributed by atoms with Crippen LogP contribution >= 0.6 is 0 Å². The molecule has 16 heavy (non-hydrogen) atoms. The lowest BCUT2D eigenvalue weighted by molar-refractivity contribution is -0.126. The Hall–Kier alpha value is -0.670. The van der Waals surface area contributed by atoms with E-state index in [0.29, 0.717) is 18.1 Å². The van der Waals surface area contributed by atoms with Gasteiger partial charge in [-0.25, -0.2) is 0 Å². The van der Waals surface area contributed by atoms with Gasteiger partial charge >= 0.3 is 0 Å². The number of morpholine rings is 1. The van der Waals surface area contributed by atoms with Crippen LogP contribution in [0.2, 0.25) is 0 Å². The predicted octanol–water partition coefficient (Wildman–Crippen LogP) is 1.49. The van der Waals surface area contributed by atoms with Crippen molar-refractivity contribution in [2.75, 3.05) is 32.8 Å². The summed E-state index contributed by atoms with van der Waals surface area (Å²) < 4.78 is 5.31. The van der Waals surface area contributed by atoms with Gasteiger partial charge in [-0.1, -0.05) is 6.08 Å². The molecule has 1 heterocycles. The number of nitrogens with zero attached hydrogens (tertiary/aromatic N) is 1. The van der Waals surface area contributed by atoms with Gasteiger partial charge in [-0.05, 0) is 18.8 Å². The van der Waals surface area contributed by atoms with Gasteiger partial charge in [0.2, 0.25) is 0 Å². The van der Waals surface area contributed by atoms with E-state index in [1.807, 2.05) is 6.08 Å². The lowest BCUT2D eigenvalue weighted by Gasteiger charge is -2.32. The summed E-state index contributed by atoms with van der Waals surface area (Å²) in [6.07, 6.45) is 4.80. The van der Waals surface area contributed by atoms with Crippen LogP contribution < -0.4 is 0 Å². The first kappa shape index (κ1) is 11.8. The van der Waals surface area contributed by atoms with Gasteiger partial charge in [0.1, 0.15) is 5.78 Å². The van der Waals surface area contributed by atoms with E-state index in [1.165, 1.54) is 0 Å². The maximum absolute atomic E-state index is 11.9. The second-order valence-corrected chi connectivity index (χ2v) is 4.85. The summed E-state index contributed by atoms with van der Waals surface area (Å²) in [6.45, 7) is 8.31. The van der Waals surface area contributed by atoms with Gasteiger partial charge in [0.25, 0.3) is 0 Å². The Morgan fingerprint density at radius 2 is 2.12 bits per heavy atom. The van der Waals surface area contributed by atoms with Gasteiger partial charge in [0.05, 0.1) is 13.2 Å². The summed E-state index contributed by atoms with van der Waals surface area (Å²) in [5.74, 6) is 1.12. The maximum atomic E-state index is 11.9. The van der Waals surface area contributed by atoms with E-state index >= 15 is 0 Å². The van der Waals surface area contributed by atoms with Crippen LogP contribution in [0.15, 0.2) is 12.7 Å².